The minimum absolute atomic E-state index is 0.135. The lowest BCUT2D eigenvalue weighted by Gasteiger charge is -2.36. The molecule has 1 atom stereocenters. The average molecular weight is 567 g/mol. The Morgan fingerprint density at radius 3 is 2.56 bits per heavy atom. The summed E-state index contributed by atoms with van der Waals surface area (Å²) < 4.78 is 0. The largest absolute Gasteiger partial charge is 0.353 e. The number of rotatable bonds is 5. The Morgan fingerprint density at radius 2 is 1.78 bits per heavy atom. The fraction of sp³-hybridized carbons (Fsp3) is 0.323. The average Bonchev–Trinajstić information content (AvgIpc) is 3.54. The van der Waals surface area contributed by atoms with Gasteiger partial charge in [0.25, 0.3) is 5.91 Å². The van der Waals surface area contributed by atoms with Gasteiger partial charge in [-0.3, -0.25) is 24.6 Å². The van der Waals surface area contributed by atoms with Crippen molar-refractivity contribution in [3.63, 3.8) is 0 Å². The Bertz CT molecular complexity index is 1680. The Kier molecular flexibility index (Phi) is 6.51. The molecule has 1 unspecified atom stereocenters. The van der Waals surface area contributed by atoms with Crippen molar-refractivity contribution in [1.29, 1.82) is 0 Å². The number of hydrogen-bond acceptors (Lipinski definition) is 8. The van der Waals surface area contributed by atoms with Crippen LogP contribution in [0.5, 0.6) is 0 Å². The molecule has 0 spiro atoms. The summed E-state index contributed by atoms with van der Waals surface area (Å²) >= 11 is 1.67. The number of hydrogen-bond donors (Lipinski definition) is 1. The van der Waals surface area contributed by atoms with Gasteiger partial charge in [-0.2, -0.15) is 0 Å². The summed E-state index contributed by atoms with van der Waals surface area (Å²) in [5.74, 6) is 1.01. The van der Waals surface area contributed by atoms with E-state index in [1.165, 1.54) is 11.1 Å². The molecule has 0 saturated carbocycles. The Hall–Kier alpha value is -4.15. The van der Waals surface area contributed by atoms with E-state index in [-0.39, 0.29) is 24.1 Å². The highest BCUT2D eigenvalue weighted by Crippen LogP contribution is 2.38. The standard InChI is InChI=1S/C31H30N6O3S/c1-19-32-28(27-24(18-41-30(27)33-19)21-5-3-2-4-6-21)36-13-11-35(12-14-36)16-20-7-8-23-22(15-20)17-37(31(23)40)25-9-10-26(38)34-29(25)39/h2-8,15,18,25H,9-14,16-17H2,1H3,(H,34,38,39). The second kappa shape index (κ2) is 10.4. The lowest BCUT2D eigenvalue weighted by atomic mass is 10.0. The number of piperazine rings is 1. The fourth-order valence-corrected chi connectivity index (χ4v) is 7.18. The van der Waals surface area contributed by atoms with Crippen LogP contribution in [0.2, 0.25) is 0 Å². The van der Waals surface area contributed by atoms with E-state index in [9.17, 15) is 14.4 Å². The van der Waals surface area contributed by atoms with Crippen LogP contribution in [0.25, 0.3) is 21.3 Å². The predicted molar refractivity (Wildman–Crippen MR) is 158 cm³/mol. The molecule has 10 heteroatoms. The zero-order valence-electron chi connectivity index (χ0n) is 22.8. The number of fused-ring (bicyclic) bond motifs is 2. The molecule has 4 aromatic rings. The SMILES string of the molecule is Cc1nc(N2CCN(Cc3ccc4c(c3)CN(C3CCC(=O)NC3=O)C4=O)CC2)c2c(-c3ccccc3)csc2n1. The molecule has 2 aromatic carbocycles. The molecule has 9 nitrogen and oxygen atoms in total. The molecule has 0 radical (unpaired) electrons. The maximum atomic E-state index is 13.0. The van der Waals surface area contributed by atoms with Crippen LogP contribution in [0.3, 0.4) is 0 Å². The summed E-state index contributed by atoms with van der Waals surface area (Å²) in [7, 11) is 0. The third-order valence-electron chi connectivity index (χ3n) is 8.28. The second-order valence-electron chi connectivity index (χ2n) is 10.9. The highest BCUT2D eigenvalue weighted by atomic mass is 32.1. The quantitative estimate of drug-likeness (QED) is 0.368. The molecule has 3 amide bonds. The van der Waals surface area contributed by atoms with Crippen LogP contribution in [0.15, 0.2) is 53.9 Å². The van der Waals surface area contributed by atoms with Crippen molar-refractivity contribution >= 4 is 45.1 Å². The van der Waals surface area contributed by atoms with Crippen molar-refractivity contribution < 1.29 is 14.4 Å². The van der Waals surface area contributed by atoms with Crippen molar-refractivity contribution in [3.8, 4) is 11.1 Å². The molecule has 41 heavy (non-hydrogen) atoms. The highest BCUT2D eigenvalue weighted by molar-refractivity contribution is 7.17. The number of thiophene rings is 1. The van der Waals surface area contributed by atoms with Crippen LogP contribution in [0, 0.1) is 6.92 Å². The third kappa shape index (κ3) is 4.76. The molecule has 7 rings (SSSR count). The van der Waals surface area contributed by atoms with E-state index < -0.39 is 6.04 Å². The molecule has 2 fully saturated rings. The van der Waals surface area contributed by atoms with Crippen LogP contribution in [0.1, 0.15) is 40.2 Å². The molecule has 1 N–H and O–H groups in total. The van der Waals surface area contributed by atoms with Gasteiger partial charge in [-0.05, 0) is 36.1 Å². The summed E-state index contributed by atoms with van der Waals surface area (Å²) in [4.78, 5) is 54.1. The Labute approximate surface area is 241 Å². The number of aromatic nitrogens is 2. The van der Waals surface area contributed by atoms with Crippen LogP contribution in [-0.4, -0.2) is 69.7 Å². The maximum absolute atomic E-state index is 13.0. The first kappa shape index (κ1) is 25.8. The van der Waals surface area contributed by atoms with E-state index >= 15 is 0 Å². The summed E-state index contributed by atoms with van der Waals surface area (Å²) in [5.41, 5.74) is 5.11. The number of piperidine rings is 1. The zero-order valence-corrected chi connectivity index (χ0v) is 23.6. The number of imide groups is 1. The molecule has 3 aliphatic heterocycles. The number of nitrogens with one attached hydrogen (secondary N) is 1. The van der Waals surface area contributed by atoms with Gasteiger partial charge in [0.05, 0.1) is 5.39 Å². The third-order valence-corrected chi connectivity index (χ3v) is 9.15. The van der Waals surface area contributed by atoms with Gasteiger partial charge >= 0.3 is 0 Å². The fourth-order valence-electron chi connectivity index (χ4n) is 6.19. The molecular weight excluding hydrogens is 536 g/mol. The van der Waals surface area contributed by atoms with Crippen LogP contribution in [0.4, 0.5) is 5.82 Å². The normalized spacial score (nSPS) is 19.6. The number of nitrogens with zero attached hydrogens (tertiary/aromatic N) is 5. The molecule has 2 saturated heterocycles. The van der Waals surface area contributed by atoms with Gasteiger partial charge in [0.15, 0.2) is 0 Å². The smallest absolute Gasteiger partial charge is 0.255 e. The lowest BCUT2D eigenvalue weighted by Crippen LogP contribution is -2.52. The van der Waals surface area contributed by atoms with Gasteiger partial charge in [-0.15, -0.1) is 11.3 Å². The van der Waals surface area contributed by atoms with E-state index in [2.05, 4.69) is 50.8 Å². The molecular formula is C31H30N6O3S. The van der Waals surface area contributed by atoms with E-state index in [0.29, 0.717) is 18.5 Å². The number of aryl methyl sites for hydroxylation is 1. The number of amides is 3. The summed E-state index contributed by atoms with van der Waals surface area (Å²) in [6.07, 6.45) is 0.631. The first-order valence-corrected chi connectivity index (χ1v) is 14.9. The van der Waals surface area contributed by atoms with Gasteiger partial charge in [0, 0.05) is 62.2 Å². The van der Waals surface area contributed by atoms with Gasteiger partial charge in [-0.1, -0.05) is 42.5 Å². The van der Waals surface area contributed by atoms with E-state index in [4.69, 9.17) is 9.97 Å². The minimum atomic E-state index is -0.591. The van der Waals surface area contributed by atoms with Gasteiger partial charge in [0.2, 0.25) is 11.8 Å². The van der Waals surface area contributed by atoms with Crippen molar-refractivity contribution in [3.05, 3.63) is 76.4 Å². The minimum Gasteiger partial charge on any atom is -0.353 e. The van der Waals surface area contributed by atoms with Crippen molar-refractivity contribution in [1.82, 2.24) is 25.1 Å². The van der Waals surface area contributed by atoms with Crippen LogP contribution >= 0.6 is 11.3 Å². The van der Waals surface area contributed by atoms with Gasteiger partial charge < -0.3 is 9.80 Å². The number of carbonyl (C=O) groups is 3. The first-order valence-electron chi connectivity index (χ1n) is 14.0. The Balaban J connectivity index is 1.05. The van der Waals surface area contributed by atoms with Crippen LogP contribution < -0.4 is 10.2 Å². The Morgan fingerprint density at radius 1 is 0.976 bits per heavy atom. The van der Waals surface area contributed by atoms with E-state index in [1.807, 2.05) is 25.1 Å². The van der Waals surface area contributed by atoms with Crippen molar-refractivity contribution in [2.75, 3.05) is 31.1 Å². The van der Waals surface area contributed by atoms with Gasteiger partial charge in [0.1, 0.15) is 22.5 Å². The number of anilines is 1. The van der Waals surface area contributed by atoms with E-state index in [0.717, 1.165) is 65.7 Å². The number of benzene rings is 2. The van der Waals surface area contributed by atoms with Crippen molar-refractivity contribution in [2.45, 2.75) is 38.9 Å². The summed E-state index contributed by atoms with van der Waals surface area (Å²) in [6, 6.07) is 15.8. The first-order chi connectivity index (χ1) is 19.9. The molecule has 0 bridgehead atoms. The molecule has 5 heterocycles. The highest BCUT2D eigenvalue weighted by Gasteiger charge is 2.39. The van der Waals surface area contributed by atoms with Gasteiger partial charge in [-0.25, -0.2) is 9.97 Å². The predicted octanol–water partition coefficient (Wildman–Crippen LogP) is 3.75. The molecule has 0 aliphatic carbocycles. The maximum Gasteiger partial charge on any atom is 0.255 e. The monoisotopic (exact) mass is 566 g/mol. The summed E-state index contributed by atoms with van der Waals surface area (Å²) in [5, 5.41) is 5.68. The van der Waals surface area contributed by atoms with Crippen LogP contribution in [-0.2, 0) is 22.7 Å². The molecule has 3 aliphatic rings. The summed E-state index contributed by atoms with van der Waals surface area (Å²) in [6.45, 7) is 6.67. The van der Waals surface area contributed by atoms with Crippen molar-refractivity contribution in [2.24, 2.45) is 0 Å². The molecule has 2 aromatic heterocycles. The van der Waals surface area contributed by atoms with E-state index in [1.54, 1.807) is 16.2 Å². The topological polar surface area (TPSA) is 98.7 Å². The lowest BCUT2D eigenvalue weighted by molar-refractivity contribution is -0.136. The second-order valence-corrected chi connectivity index (χ2v) is 11.8. The number of carbonyl (C=O) groups excluding carboxylic acids is 3. The molecule has 208 valence electrons. The zero-order chi connectivity index (χ0) is 28.1.